The van der Waals surface area contributed by atoms with Crippen molar-refractivity contribution in [3.63, 3.8) is 0 Å². The Morgan fingerprint density at radius 3 is 2.85 bits per heavy atom. The lowest BCUT2D eigenvalue weighted by Gasteiger charge is -2.30. The first-order valence-corrected chi connectivity index (χ1v) is 12.5. The lowest BCUT2D eigenvalue weighted by atomic mass is 9.85. The number of ether oxygens (including phenoxy) is 2. The Labute approximate surface area is 197 Å². The van der Waals surface area contributed by atoms with Gasteiger partial charge in [0.25, 0.3) is 5.56 Å². The van der Waals surface area contributed by atoms with E-state index in [0.29, 0.717) is 10.3 Å². The van der Waals surface area contributed by atoms with Gasteiger partial charge in [0.05, 0.1) is 16.3 Å². The van der Waals surface area contributed by atoms with Crippen LogP contribution in [0.1, 0.15) is 34.0 Å². The van der Waals surface area contributed by atoms with Crippen LogP contribution in [0.2, 0.25) is 0 Å². The van der Waals surface area contributed by atoms with Crippen LogP contribution in [0.4, 0.5) is 0 Å². The summed E-state index contributed by atoms with van der Waals surface area (Å²) in [7, 11) is 0. The van der Waals surface area contributed by atoms with Gasteiger partial charge in [-0.15, -0.1) is 11.3 Å². The fraction of sp³-hybridized carbons (Fsp3) is 0.154. The molecule has 0 N–H and O–H groups in total. The monoisotopic (exact) mass is 470 g/mol. The standard InChI is InChI=1S/C26H18N2O3S2/c29-25-22(13-15-7-10-19-20(12-15)31-14-30-19)33-26-27-23-17-5-2-1-4-16(17)8-9-18(23)24(28(25)26)21-6-3-11-32-21/h1-7,10-13,24H,8-9,14H2/b22-13+/t24-/m0/s1. The Balaban J connectivity index is 1.46. The van der Waals surface area contributed by atoms with Gasteiger partial charge in [0, 0.05) is 10.4 Å². The SMILES string of the molecule is O=c1/c(=C\c2ccc3c(c2)OCO3)sc2n1[C@H](c1cccs1)C1=C(N=2)c2ccccc2CC1. The lowest BCUT2D eigenvalue weighted by molar-refractivity contribution is 0.174. The normalized spacial score (nSPS) is 18.5. The van der Waals surface area contributed by atoms with Crippen molar-refractivity contribution in [3.05, 3.63) is 107 Å². The van der Waals surface area contributed by atoms with E-state index in [9.17, 15) is 4.79 Å². The summed E-state index contributed by atoms with van der Waals surface area (Å²) in [6.45, 7) is 0.231. The van der Waals surface area contributed by atoms with Crippen LogP contribution in [0.15, 0.2) is 75.3 Å². The van der Waals surface area contributed by atoms with E-state index in [0.717, 1.165) is 34.7 Å². The summed E-state index contributed by atoms with van der Waals surface area (Å²) in [5.41, 5.74) is 5.69. The van der Waals surface area contributed by atoms with Crippen LogP contribution in [0, 0.1) is 0 Å². The Hall–Kier alpha value is -3.42. The minimum Gasteiger partial charge on any atom is -0.454 e. The van der Waals surface area contributed by atoms with Gasteiger partial charge in [0.15, 0.2) is 16.3 Å². The molecule has 162 valence electrons. The highest BCUT2D eigenvalue weighted by Crippen LogP contribution is 2.42. The molecule has 33 heavy (non-hydrogen) atoms. The molecule has 0 saturated carbocycles. The molecular formula is C26H18N2O3S2. The quantitative estimate of drug-likeness (QED) is 0.443. The van der Waals surface area contributed by atoms with Gasteiger partial charge in [0.2, 0.25) is 6.79 Å². The summed E-state index contributed by atoms with van der Waals surface area (Å²) in [6.07, 6.45) is 3.80. The van der Waals surface area contributed by atoms with Crippen LogP contribution in [-0.2, 0) is 6.42 Å². The minimum absolute atomic E-state index is 0.000209. The summed E-state index contributed by atoms with van der Waals surface area (Å²) in [5, 5.41) is 2.08. The van der Waals surface area contributed by atoms with Crippen molar-refractivity contribution >= 4 is 34.4 Å². The third kappa shape index (κ3) is 2.96. The maximum atomic E-state index is 13.7. The molecule has 7 rings (SSSR count). The molecule has 0 saturated heterocycles. The number of thiazole rings is 1. The zero-order valence-corrected chi connectivity index (χ0v) is 19.1. The van der Waals surface area contributed by atoms with Gasteiger partial charge in [0.1, 0.15) is 0 Å². The fourth-order valence-electron chi connectivity index (χ4n) is 4.87. The number of aromatic nitrogens is 1. The highest BCUT2D eigenvalue weighted by Gasteiger charge is 2.33. The summed E-state index contributed by atoms with van der Waals surface area (Å²) in [4.78, 5) is 20.7. The molecule has 0 fully saturated rings. The molecule has 0 radical (unpaired) electrons. The first kappa shape index (κ1) is 19.1. The number of rotatable bonds is 2. The van der Waals surface area contributed by atoms with Crippen molar-refractivity contribution in [3.8, 4) is 11.5 Å². The molecule has 1 aliphatic carbocycles. The van der Waals surface area contributed by atoms with Gasteiger partial charge in [-0.3, -0.25) is 9.36 Å². The molecule has 1 atom stereocenters. The summed E-state index contributed by atoms with van der Waals surface area (Å²) in [5.74, 6) is 1.44. The van der Waals surface area contributed by atoms with E-state index in [4.69, 9.17) is 14.5 Å². The number of hydrogen-bond donors (Lipinski definition) is 0. The highest BCUT2D eigenvalue weighted by atomic mass is 32.1. The first-order chi connectivity index (χ1) is 16.3. The van der Waals surface area contributed by atoms with E-state index in [1.54, 1.807) is 11.3 Å². The predicted octanol–water partition coefficient (Wildman–Crippen LogP) is 4.11. The zero-order chi connectivity index (χ0) is 21.9. The predicted molar refractivity (Wildman–Crippen MR) is 130 cm³/mol. The van der Waals surface area contributed by atoms with Crippen molar-refractivity contribution in [2.45, 2.75) is 18.9 Å². The van der Waals surface area contributed by atoms with Gasteiger partial charge in [-0.1, -0.05) is 47.7 Å². The molecule has 0 spiro atoms. The van der Waals surface area contributed by atoms with E-state index in [2.05, 4.69) is 41.8 Å². The summed E-state index contributed by atoms with van der Waals surface area (Å²) >= 11 is 3.14. The molecular weight excluding hydrogens is 452 g/mol. The maximum Gasteiger partial charge on any atom is 0.271 e. The van der Waals surface area contributed by atoms with Crippen molar-refractivity contribution in [2.75, 3.05) is 6.79 Å². The van der Waals surface area contributed by atoms with E-state index < -0.39 is 0 Å². The Kier molecular flexibility index (Phi) is 4.22. The molecule has 0 unspecified atom stereocenters. The zero-order valence-electron chi connectivity index (χ0n) is 17.5. The van der Waals surface area contributed by atoms with Crippen LogP contribution in [0.25, 0.3) is 11.8 Å². The molecule has 2 aliphatic heterocycles. The van der Waals surface area contributed by atoms with Crippen LogP contribution in [0.5, 0.6) is 11.5 Å². The molecule has 0 amide bonds. The number of benzene rings is 2. The lowest BCUT2D eigenvalue weighted by Crippen LogP contribution is -2.38. The molecule has 3 aliphatic rings. The van der Waals surface area contributed by atoms with Crippen molar-refractivity contribution in [1.82, 2.24) is 4.57 Å². The van der Waals surface area contributed by atoms with E-state index >= 15 is 0 Å². The third-order valence-electron chi connectivity index (χ3n) is 6.38. The topological polar surface area (TPSA) is 52.8 Å². The van der Waals surface area contributed by atoms with Crippen LogP contribution < -0.4 is 24.4 Å². The number of nitrogens with zero attached hydrogens (tertiary/aromatic N) is 2. The molecule has 2 aromatic carbocycles. The van der Waals surface area contributed by atoms with Crippen LogP contribution in [-0.4, -0.2) is 11.4 Å². The second kappa shape index (κ2) is 7.30. The molecule has 4 aromatic rings. The smallest absolute Gasteiger partial charge is 0.271 e. The summed E-state index contributed by atoms with van der Waals surface area (Å²) < 4.78 is 13.5. The second-order valence-corrected chi connectivity index (χ2v) is 10.2. The highest BCUT2D eigenvalue weighted by molar-refractivity contribution is 7.10. The number of fused-ring (bicyclic) bond motifs is 4. The number of aryl methyl sites for hydroxylation is 1. The Morgan fingerprint density at radius 1 is 1.03 bits per heavy atom. The molecule has 4 heterocycles. The fourth-order valence-corrected chi connectivity index (χ4v) is 6.72. The molecule has 5 nitrogen and oxygen atoms in total. The number of allylic oxidation sites excluding steroid dienone is 1. The minimum atomic E-state index is -0.108. The van der Waals surface area contributed by atoms with Crippen molar-refractivity contribution < 1.29 is 9.47 Å². The largest absolute Gasteiger partial charge is 0.454 e. The van der Waals surface area contributed by atoms with Crippen LogP contribution >= 0.6 is 22.7 Å². The van der Waals surface area contributed by atoms with E-state index in [1.165, 1.54) is 32.9 Å². The molecule has 0 bridgehead atoms. The number of thiophene rings is 1. The second-order valence-electron chi connectivity index (χ2n) is 8.24. The van der Waals surface area contributed by atoms with Gasteiger partial charge in [-0.25, -0.2) is 4.99 Å². The van der Waals surface area contributed by atoms with Crippen molar-refractivity contribution in [1.29, 1.82) is 0 Å². The van der Waals surface area contributed by atoms with Gasteiger partial charge in [-0.05, 0) is 59.2 Å². The molecule has 2 aromatic heterocycles. The van der Waals surface area contributed by atoms with E-state index in [1.807, 2.05) is 28.8 Å². The van der Waals surface area contributed by atoms with Crippen LogP contribution in [0.3, 0.4) is 0 Å². The first-order valence-electron chi connectivity index (χ1n) is 10.8. The Morgan fingerprint density at radius 2 is 1.94 bits per heavy atom. The van der Waals surface area contributed by atoms with Gasteiger partial charge >= 0.3 is 0 Å². The van der Waals surface area contributed by atoms with E-state index in [-0.39, 0.29) is 18.4 Å². The molecule has 7 heteroatoms. The van der Waals surface area contributed by atoms with Crippen molar-refractivity contribution in [2.24, 2.45) is 4.99 Å². The third-order valence-corrected chi connectivity index (χ3v) is 8.29. The number of hydrogen-bond acceptors (Lipinski definition) is 6. The van der Waals surface area contributed by atoms with Gasteiger partial charge < -0.3 is 9.47 Å². The average molecular weight is 471 g/mol. The van der Waals surface area contributed by atoms with Gasteiger partial charge in [-0.2, -0.15) is 0 Å². The summed E-state index contributed by atoms with van der Waals surface area (Å²) in [6, 6.07) is 18.3. The Bertz CT molecular complexity index is 1630. The average Bonchev–Trinajstić information content (AvgIpc) is 3.59. The maximum absolute atomic E-state index is 13.7.